The van der Waals surface area contributed by atoms with E-state index in [2.05, 4.69) is 11.9 Å². The lowest BCUT2D eigenvalue weighted by Crippen LogP contribution is -2.36. The molecule has 1 atom stereocenters. The summed E-state index contributed by atoms with van der Waals surface area (Å²) in [5.41, 5.74) is 0.303. The Hall–Kier alpha value is -2.43. The second kappa shape index (κ2) is 6.34. The minimum absolute atomic E-state index is 0.256. The smallest absolute Gasteiger partial charge is 0.316 e. The van der Waals surface area contributed by atoms with Crippen LogP contribution in [-0.2, 0) is 9.59 Å². The van der Waals surface area contributed by atoms with Crippen molar-refractivity contribution in [1.82, 2.24) is 5.32 Å². The second-order valence-corrected chi connectivity index (χ2v) is 3.57. The van der Waals surface area contributed by atoms with Gasteiger partial charge in [-0.15, -0.1) is 0 Å². The molecular formula is C13H13NO4. The van der Waals surface area contributed by atoms with E-state index >= 15 is 0 Å². The second-order valence-electron chi connectivity index (χ2n) is 3.57. The summed E-state index contributed by atoms with van der Waals surface area (Å²) in [7, 11) is 0. The van der Waals surface area contributed by atoms with E-state index in [1.807, 2.05) is 0 Å². The van der Waals surface area contributed by atoms with Crippen LogP contribution in [0.2, 0.25) is 0 Å². The van der Waals surface area contributed by atoms with Crippen molar-refractivity contribution < 1.29 is 19.5 Å². The number of hydrogen-bond donors (Lipinski definition) is 2. The summed E-state index contributed by atoms with van der Waals surface area (Å²) in [5.74, 6) is -3.61. The molecule has 0 radical (unpaired) electrons. The summed E-state index contributed by atoms with van der Waals surface area (Å²) in [4.78, 5) is 33.9. The molecule has 0 aliphatic heterocycles. The van der Waals surface area contributed by atoms with Crippen molar-refractivity contribution in [1.29, 1.82) is 0 Å². The van der Waals surface area contributed by atoms with E-state index in [0.29, 0.717) is 5.56 Å². The summed E-state index contributed by atoms with van der Waals surface area (Å²) >= 11 is 0. The number of rotatable bonds is 6. The van der Waals surface area contributed by atoms with Gasteiger partial charge in [-0.05, 0) is 6.08 Å². The third-order valence-electron chi connectivity index (χ3n) is 2.34. The zero-order valence-corrected chi connectivity index (χ0v) is 9.63. The minimum Gasteiger partial charge on any atom is -0.481 e. The lowest BCUT2D eigenvalue weighted by molar-refractivity contribution is -0.139. The van der Waals surface area contributed by atoms with E-state index < -0.39 is 23.6 Å². The molecule has 5 nitrogen and oxygen atoms in total. The first kappa shape index (κ1) is 13.6. The summed E-state index contributed by atoms with van der Waals surface area (Å²) in [6.07, 6.45) is 1.02. The summed E-state index contributed by atoms with van der Waals surface area (Å²) in [6.45, 7) is 2.99. The summed E-state index contributed by atoms with van der Waals surface area (Å²) < 4.78 is 0. The maximum Gasteiger partial charge on any atom is 0.316 e. The van der Waals surface area contributed by atoms with Crippen LogP contribution in [0.4, 0.5) is 0 Å². The van der Waals surface area contributed by atoms with Crippen LogP contribution in [0.1, 0.15) is 10.4 Å². The Morgan fingerprint density at radius 1 is 1.28 bits per heavy atom. The van der Waals surface area contributed by atoms with Crippen molar-refractivity contribution in [2.45, 2.75) is 0 Å². The quantitative estimate of drug-likeness (QED) is 0.444. The molecule has 0 aliphatic rings. The largest absolute Gasteiger partial charge is 0.481 e. The van der Waals surface area contributed by atoms with Gasteiger partial charge in [-0.25, -0.2) is 0 Å². The average molecular weight is 247 g/mol. The van der Waals surface area contributed by atoms with Crippen molar-refractivity contribution in [2.24, 2.45) is 5.92 Å². The van der Waals surface area contributed by atoms with E-state index in [1.165, 1.54) is 12.1 Å². The highest BCUT2D eigenvalue weighted by Crippen LogP contribution is 2.08. The first-order valence-corrected chi connectivity index (χ1v) is 5.28. The highest BCUT2D eigenvalue weighted by molar-refractivity contribution is 6.08. The Morgan fingerprint density at radius 3 is 2.39 bits per heavy atom. The molecule has 1 aromatic carbocycles. The predicted octanol–water partition coefficient (Wildman–Crippen LogP) is 0.872. The molecule has 0 fully saturated rings. The topological polar surface area (TPSA) is 83.5 Å². The zero-order valence-electron chi connectivity index (χ0n) is 9.63. The van der Waals surface area contributed by atoms with Gasteiger partial charge in [0, 0.05) is 12.1 Å². The average Bonchev–Trinajstić information content (AvgIpc) is 2.39. The van der Waals surface area contributed by atoms with Crippen LogP contribution in [0.15, 0.2) is 43.0 Å². The first-order chi connectivity index (χ1) is 8.56. The van der Waals surface area contributed by atoms with Gasteiger partial charge in [0.05, 0.1) is 0 Å². The molecule has 1 rings (SSSR count). The number of nitrogens with one attached hydrogen (secondary N) is 1. The molecule has 5 heteroatoms. The van der Waals surface area contributed by atoms with Gasteiger partial charge in [0.2, 0.25) is 5.91 Å². The third kappa shape index (κ3) is 3.55. The Labute approximate surface area is 104 Å². The van der Waals surface area contributed by atoms with Crippen LogP contribution in [0.3, 0.4) is 0 Å². The number of hydrogen-bond acceptors (Lipinski definition) is 3. The molecule has 2 N–H and O–H groups in total. The molecule has 0 heterocycles. The Morgan fingerprint density at radius 2 is 1.89 bits per heavy atom. The van der Waals surface area contributed by atoms with Crippen LogP contribution in [0.5, 0.6) is 0 Å². The van der Waals surface area contributed by atoms with Crippen LogP contribution >= 0.6 is 0 Å². The van der Waals surface area contributed by atoms with E-state index in [0.717, 1.165) is 6.08 Å². The maximum absolute atomic E-state index is 11.9. The first-order valence-electron chi connectivity index (χ1n) is 5.28. The van der Waals surface area contributed by atoms with Gasteiger partial charge in [-0.2, -0.15) is 0 Å². The SMILES string of the molecule is C=CC(=O)NCC(C(=O)O)C(=O)c1ccccc1. The van der Waals surface area contributed by atoms with Crippen molar-refractivity contribution in [3.05, 3.63) is 48.6 Å². The highest BCUT2D eigenvalue weighted by atomic mass is 16.4. The van der Waals surface area contributed by atoms with E-state index in [-0.39, 0.29) is 6.54 Å². The monoisotopic (exact) mass is 247 g/mol. The minimum atomic E-state index is -1.30. The zero-order chi connectivity index (χ0) is 13.5. The number of carboxylic acid groups (broad SMARTS) is 1. The Kier molecular flexibility index (Phi) is 4.80. The molecule has 94 valence electrons. The number of carbonyl (C=O) groups is 3. The number of benzene rings is 1. The molecule has 1 aromatic rings. The fourth-order valence-corrected chi connectivity index (χ4v) is 1.37. The van der Waals surface area contributed by atoms with Gasteiger partial charge in [0.25, 0.3) is 0 Å². The van der Waals surface area contributed by atoms with Crippen molar-refractivity contribution in [2.75, 3.05) is 6.54 Å². The molecule has 0 bridgehead atoms. The van der Waals surface area contributed by atoms with Crippen molar-refractivity contribution >= 4 is 17.7 Å². The Bertz CT molecular complexity index is 467. The van der Waals surface area contributed by atoms with Crippen LogP contribution < -0.4 is 5.32 Å². The number of amides is 1. The fourth-order valence-electron chi connectivity index (χ4n) is 1.37. The maximum atomic E-state index is 11.9. The lowest BCUT2D eigenvalue weighted by atomic mass is 9.97. The standard InChI is InChI=1S/C13H13NO4/c1-2-11(15)14-8-10(13(17)18)12(16)9-6-4-3-5-7-9/h2-7,10H,1,8H2,(H,14,15)(H,17,18). The number of Topliss-reactive ketones (excluding diaryl/α,β-unsaturated/α-hetero) is 1. The molecule has 1 amide bonds. The molecule has 0 saturated heterocycles. The van der Waals surface area contributed by atoms with Gasteiger partial charge in [0.1, 0.15) is 5.92 Å². The number of aliphatic carboxylic acids is 1. The number of carbonyl (C=O) groups excluding carboxylic acids is 2. The van der Waals surface area contributed by atoms with E-state index in [9.17, 15) is 14.4 Å². The molecule has 0 saturated carbocycles. The predicted molar refractivity (Wildman–Crippen MR) is 65.1 cm³/mol. The molecular weight excluding hydrogens is 234 g/mol. The van der Waals surface area contributed by atoms with Crippen LogP contribution in [0.25, 0.3) is 0 Å². The molecule has 0 spiro atoms. The lowest BCUT2D eigenvalue weighted by Gasteiger charge is -2.11. The molecule has 1 unspecified atom stereocenters. The third-order valence-corrected chi connectivity index (χ3v) is 2.34. The summed E-state index contributed by atoms with van der Waals surface area (Å²) in [6, 6.07) is 8.09. The number of carboxylic acids is 1. The van der Waals surface area contributed by atoms with Gasteiger partial charge in [-0.1, -0.05) is 36.9 Å². The number of ketones is 1. The molecule has 0 aromatic heterocycles. The van der Waals surface area contributed by atoms with Gasteiger partial charge in [-0.3, -0.25) is 14.4 Å². The highest BCUT2D eigenvalue weighted by Gasteiger charge is 2.27. The van der Waals surface area contributed by atoms with E-state index in [4.69, 9.17) is 5.11 Å². The van der Waals surface area contributed by atoms with Gasteiger partial charge < -0.3 is 10.4 Å². The molecule has 18 heavy (non-hydrogen) atoms. The van der Waals surface area contributed by atoms with Crippen molar-refractivity contribution in [3.8, 4) is 0 Å². The normalized spacial score (nSPS) is 11.3. The van der Waals surface area contributed by atoms with Gasteiger partial charge >= 0.3 is 5.97 Å². The van der Waals surface area contributed by atoms with E-state index in [1.54, 1.807) is 18.2 Å². The van der Waals surface area contributed by atoms with Gasteiger partial charge in [0.15, 0.2) is 5.78 Å². The molecule has 0 aliphatic carbocycles. The Balaban J connectivity index is 2.79. The summed E-state index contributed by atoms with van der Waals surface area (Å²) in [5, 5.41) is 11.3. The van der Waals surface area contributed by atoms with Crippen molar-refractivity contribution in [3.63, 3.8) is 0 Å². The van der Waals surface area contributed by atoms with Crippen LogP contribution in [0, 0.1) is 5.92 Å². The fraction of sp³-hybridized carbons (Fsp3) is 0.154. The van der Waals surface area contributed by atoms with Crippen LogP contribution in [-0.4, -0.2) is 29.3 Å².